The summed E-state index contributed by atoms with van der Waals surface area (Å²) in [6, 6.07) is 0. The first-order chi connectivity index (χ1) is 5.93. The monoisotopic (exact) mass is 169 g/mol. The Hall–Kier alpha value is -0.380. The normalized spacial score (nSPS) is 21.4. The second-order valence-corrected chi connectivity index (χ2v) is 3.11. The molecule has 3 nitrogen and oxygen atoms in total. The number of nitrogens with zero attached hydrogens (tertiary/aromatic N) is 1. The number of nitrogens with two attached hydrogens (primary N) is 1. The van der Waals surface area contributed by atoms with Crippen LogP contribution in [0.5, 0.6) is 0 Å². The molecule has 0 spiro atoms. The van der Waals surface area contributed by atoms with E-state index in [1.807, 2.05) is 6.08 Å². The van der Waals surface area contributed by atoms with Gasteiger partial charge in [-0.2, -0.15) is 0 Å². The summed E-state index contributed by atoms with van der Waals surface area (Å²) in [6.45, 7) is 6.37. The third-order valence-corrected chi connectivity index (χ3v) is 2.10. The van der Waals surface area contributed by atoms with Crippen LogP contribution in [-0.2, 0) is 0 Å². The summed E-state index contributed by atoms with van der Waals surface area (Å²) in [5.74, 6) is 0. The smallest absolute Gasteiger partial charge is 0.0164 e. The molecule has 1 aliphatic heterocycles. The first-order valence-electron chi connectivity index (χ1n) is 4.71. The maximum atomic E-state index is 5.36. The van der Waals surface area contributed by atoms with Gasteiger partial charge in [0, 0.05) is 26.2 Å². The summed E-state index contributed by atoms with van der Waals surface area (Å²) in [7, 11) is 0. The SMILES string of the molecule is NCC=CCN1CCCNCC1. The molecule has 0 amide bonds. The third-order valence-electron chi connectivity index (χ3n) is 2.10. The van der Waals surface area contributed by atoms with Crippen LogP contribution < -0.4 is 11.1 Å². The van der Waals surface area contributed by atoms with Crippen molar-refractivity contribution in [3.05, 3.63) is 12.2 Å². The minimum atomic E-state index is 0.659. The van der Waals surface area contributed by atoms with Crippen molar-refractivity contribution in [2.45, 2.75) is 6.42 Å². The molecule has 1 fully saturated rings. The number of hydrogen-bond acceptors (Lipinski definition) is 3. The molecule has 1 rings (SSSR count). The topological polar surface area (TPSA) is 41.3 Å². The van der Waals surface area contributed by atoms with Crippen molar-refractivity contribution in [2.75, 3.05) is 39.3 Å². The molecule has 1 heterocycles. The molecule has 0 aromatic carbocycles. The molecule has 0 saturated carbocycles. The molecule has 3 heteroatoms. The molecule has 0 radical (unpaired) electrons. The highest BCUT2D eigenvalue weighted by Gasteiger charge is 2.05. The molecule has 0 aliphatic carbocycles. The van der Waals surface area contributed by atoms with Gasteiger partial charge in [0.15, 0.2) is 0 Å². The van der Waals surface area contributed by atoms with Crippen LogP contribution in [0, 0.1) is 0 Å². The van der Waals surface area contributed by atoms with Crippen molar-refractivity contribution in [3.63, 3.8) is 0 Å². The first kappa shape index (κ1) is 9.71. The highest BCUT2D eigenvalue weighted by atomic mass is 15.1. The van der Waals surface area contributed by atoms with Gasteiger partial charge in [-0.1, -0.05) is 12.2 Å². The molecule has 1 saturated heterocycles. The van der Waals surface area contributed by atoms with Gasteiger partial charge in [0.2, 0.25) is 0 Å². The van der Waals surface area contributed by atoms with Gasteiger partial charge in [-0.15, -0.1) is 0 Å². The molecule has 12 heavy (non-hydrogen) atoms. The Kier molecular flexibility index (Phi) is 4.99. The van der Waals surface area contributed by atoms with E-state index in [-0.39, 0.29) is 0 Å². The lowest BCUT2D eigenvalue weighted by Crippen LogP contribution is -2.28. The molecule has 0 aromatic rings. The fourth-order valence-corrected chi connectivity index (χ4v) is 1.40. The van der Waals surface area contributed by atoms with Crippen molar-refractivity contribution >= 4 is 0 Å². The Bertz CT molecular complexity index is 126. The lowest BCUT2D eigenvalue weighted by atomic mass is 10.4. The molecule has 70 valence electrons. The quantitative estimate of drug-likeness (QED) is 0.575. The fraction of sp³-hybridized carbons (Fsp3) is 0.778. The average Bonchev–Trinajstić information content (AvgIpc) is 2.33. The molecule has 0 bridgehead atoms. The average molecular weight is 169 g/mol. The van der Waals surface area contributed by atoms with Gasteiger partial charge < -0.3 is 11.1 Å². The minimum Gasteiger partial charge on any atom is -0.327 e. The van der Waals surface area contributed by atoms with Gasteiger partial charge >= 0.3 is 0 Å². The highest BCUT2D eigenvalue weighted by molar-refractivity contribution is 4.86. The summed E-state index contributed by atoms with van der Waals surface area (Å²) in [6.07, 6.45) is 5.44. The Morgan fingerprint density at radius 2 is 2.17 bits per heavy atom. The summed E-state index contributed by atoms with van der Waals surface area (Å²) < 4.78 is 0. The Labute approximate surface area is 74.6 Å². The molecular weight excluding hydrogens is 150 g/mol. The van der Waals surface area contributed by atoms with Crippen molar-refractivity contribution in [1.29, 1.82) is 0 Å². The zero-order valence-electron chi connectivity index (χ0n) is 7.63. The van der Waals surface area contributed by atoms with Crippen LogP contribution in [0.25, 0.3) is 0 Å². The van der Waals surface area contributed by atoms with Gasteiger partial charge in [0.25, 0.3) is 0 Å². The zero-order valence-corrected chi connectivity index (χ0v) is 7.63. The molecule has 3 N–H and O–H groups in total. The highest BCUT2D eigenvalue weighted by Crippen LogP contribution is 1.94. The second-order valence-electron chi connectivity index (χ2n) is 3.11. The van der Waals surface area contributed by atoms with Crippen LogP contribution in [0.4, 0.5) is 0 Å². The van der Waals surface area contributed by atoms with Crippen LogP contribution in [-0.4, -0.2) is 44.2 Å². The number of hydrogen-bond donors (Lipinski definition) is 2. The predicted octanol–water partition coefficient (Wildman–Crippen LogP) is -0.203. The summed E-state index contributed by atoms with van der Waals surface area (Å²) in [4.78, 5) is 2.45. The van der Waals surface area contributed by atoms with Crippen molar-refractivity contribution in [1.82, 2.24) is 10.2 Å². The molecule has 0 atom stereocenters. The van der Waals surface area contributed by atoms with Crippen molar-refractivity contribution < 1.29 is 0 Å². The van der Waals surface area contributed by atoms with Gasteiger partial charge in [-0.05, 0) is 19.5 Å². The Morgan fingerprint density at radius 3 is 3.00 bits per heavy atom. The standard InChI is InChI=1S/C9H19N3/c10-4-1-2-7-12-8-3-5-11-6-9-12/h1-2,11H,3-10H2. The van der Waals surface area contributed by atoms with Crippen molar-refractivity contribution in [2.24, 2.45) is 5.73 Å². The van der Waals surface area contributed by atoms with Gasteiger partial charge in [-0.25, -0.2) is 0 Å². The summed E-state index contributed by atoms with van der Waals surface area (Å²) in [5.41, 5.74) is 5.36. The van der Waals surface area contributed by atoms with E-state index in [4.69, 9.17) is 5.73 Å². The van der Waals surface area contributed by atoms with Crippen LogP contribution in [0.2, 0.25) is 0 Å². The van der Waals surface area contributed by atoms with E-state index in [2.05, 4.69) is 16.3 Å². The van der Waals surface area contributed by atoms with Crippen molar-refractivity contribution in [3.8, 4) is 0 Å². The molecular formula is C9H19N3. The van der Waals surface area contributed by atoms with E-state index in [1.165, 1.54) is 13.0 Å². The number of rotatable bonds is 3. The molecule has 1 aliphatic rings. The van der Waals surface area contributed by atoms with Gasteiger partial charge in [0.05, 0.1) is 0 Å². The fourth-order valence-electron chi connectivity index (χ4n) is 1.40. The Balaban J connectivity index is 2.16. The maximum Gasteiger partial charge on any atom is 0.0164 e. The lowest BCUT2D eigenvalue weighted by molar-refractivity contribution is 0.324. The van der Waals surface area contributed by atoms with E-state index >= 15 is 0 Å². The molecule has 0 unspecified atom stereocenters. The van der Waals surface area contributed by atoms with E-state index < -0.39 is 0 Å². The van der Waals surface area contributed by atoms with E-state index in [9.17, 15) is 0 Å². The van der Waals surface area contributed by atoms with Crippen LogP contribution in [0.3, 0.4) is 0 Å². The first-order valence-corrected chi connectivity index (χ1v) is 4.71. The molecule has 0 aromatic heterocycles. The predicted molar refractivity (Wildman–Crippen MR) is 52.1 cm³/mol. The number of nitrogens with one attached hydrogen (secondary N) is 1. The summed E-state index contributed by atoms with van der Waals surface area (Å²) in [5, 5.41) is 3.38. The second kappa shape index (κ2) is 6.17. The van der Waals surface area contributed by atoms with E-state index in [0.29, 0.717) is 6.54 Å². The van der Waals surface area contributed by atoms with E-state index in [1.54, 1.807) is 0 Å². The largest absolute Gasteiger partial charge is 0.327 e. The Morgan fingerprint density at radius 1 is 1.25 bits per heavy atom. The minimum absolute atomic E-state index is 0.659. The van der Waals surface area contributed by atoms with E-state index in [0.717, 1.165) is 26.2 Å². The lowest BCUT2D eigenvalue weighted by Gasteiger charge is -2.16. The van der Waals surface area contributed by atoms with Crippen LogP contribution in [0.15, 0.2) is 12.2 Å². The zero-order chi connectivity index (χ0) is 8.65. The maximum absolute atomic E-state index is 5.36. The van der Waals surface area contributed by atoms with Gasteiger partial charge in [-0.3, -0.25) is 4.90 Å². The van der Waals surface area contributed by atoms with Crippen LogP contribution >= 0.6 is 0 Å². The third kappa shape index (κ3) is 3.85. The van der Waals surface area contributed by atoms with Crippen LogP contribution in [0.1, 0.15) is 6.42 Å². The summed E-state index contributed by atoms with van der Waals surface area (Å²) >= 11 is 0. The van der Waals surface area contributed by atoms with Gasteiger partial charge in [0.1, 0.15) is 0 Å².